The van der Waals surface area contributed by atoms with Crippen molar-refractivity contribution in [2.24, 2.45) is 5.41 Å². The maximum atomic E-state index is 11.6. The van der Waals surface area contributed by atoms with E-state index < -0.39 is 17.4 Å². The third kappa shape index (κ3) is 8.64. The van der Waals surface area contributed by atoms with E-state index in [0.717, 1.165) is 0 Å². The second kappa shape index (κ2) is 9.70. The Labute approximate surface area is 126 Å². The third-order valence-corrected chi connectivity index (χ3v) is 2.91. The highest BCUT2D eigenvalue weighted by molar-refractivity contribution is 5.87. The van der Waals surface area contributed by atoms with Gasteiger partial charge in [-0.2, -0.15) is 0 Å². The van der Waals surface area contributed by atoms with Gasteiger partial charge in [-0.1, -0.05) is 13.8 Å². The molecule has 0 aromatic heterocycles. The van der Waals surface area contributed by atoms with E-state index in [4.69, 9.17) is 9.84 Å². The zero-order valence-corrected chi connectivity index (χ0v) is 13.3. The number of carbonyl (C=O) groups excluding carboxylic acids is 2. The lowest BCUT2D eigenvalue weighted by Crippen LogP contribution is -2.48. The highest BCUT2D eigenvalue weighted by atomic mass is 16.5. The van der Waals surface area contributed by atoms with Crippen LogP contribution < -0.4 is 10.6 Å². The minimum absolute atomic E-state index is 0.163. The van der Waals surface area contributed by atoms with Crippen LogP contribution in [0.25, 0.3) is 0 Å². The molecular formula is C14H28N2O5. The molecule has 0 aliphatic heterocycles. The van der Waals surface area contributed by atoms with E-state index in [-0.39, 0.29) is 25.2 Å². The largest absolute Gasteiger partial charge is 0.396 e. The second-order valence-electron chi connectivity index (χ2n) is 5.89. The van der Waals surface area contributed by atoms with Crippen molar-refractivity contribution in [1.29, 1.82) is 0 Å². The Hall–Kier alpha value is -1.18. The number of amides is 2. The van der Waals surface area contributed by atoms with Gasteiger partial charge in [-0.3, -0.25) is 9.59 Å². The summed E-state index contributed by atoms with van der Waals surface area (Å²) in [4.78, 5) is 23.1. The average Bonchev–Trinajstić information content (AvgIpc) is 2.43. The summed E-state index contributed by atoms with van der Waals surface area (Å²) in [6, 6.07) is 0. The molecule has 0 saturated carbocycles. The third-order valence-electron chi connectivity index (χ3n) is 2.91. The first-order valence-corrected chi connectivity index (χ1v) is 7.15. The van der Waals surface area contributed by atoms with E-state index in [1.807, 2.05) is 13.8 Å². The van der Waals surface area contributed by atoms with Gasteiger partial charge in [0.1, 0.15) is 6.10 Å². The van der Waals surface area contributed by atoms with Crippen LogP contribution in [0.1, 0.15) is 34.1 Å². The molecule has 0 aliphatic rings. The summed E-state index contributed by atoms with van der Waals surface area (Å²) >= 11 is 0. The van der Waals surface area contributed by atoms with E-state index in [2.05, 4.69) is 10.6 Å². The first kappa shape index (κ1) is 19.8. The van der Waals surface area contributed by atoms with Crippen LogP contribution in [0.2, 0.25) is 0 Å². The normalized spacial score (nSPS) is 13.1. The standard InChI is InChI=1S/C14H28N2O5/c1-10(2)21-7-5-6-15-11(18)8-16-13(20)12(19)14(3,4)9-17/h10,12,17,19H,5-9H2,1-4H3,(H,15,18)(H,16,20)/t12-/m0/s1. The fraction of sp³-hybridized carbons (Fsp3) is 0.857. The van der Waals surface area contributed by atoms with Crippen molar-refractivity contribution >= 4 is 11.8 Å². The van der Waals surface area contributed by atoms with Crippen molar-refractivity contribution in [3.63, 3.8) is 0 Å². The van der Waals surface area contributed by atoms with Gasteiger partial charge in [0.25, 0.3) is 0 Å². The summed E-state index contributed by atoms with van der Waals surface area (Å²) < 4.78 is 5.33. The number of rotatable bonds is 10. The highest BCUT2D eigenvalue weighted by Crippen LogP contribution is 2.19. The molecule has 1 atom stereocenters. The van der Waals surface area contributed by atoms with Gasteiger partial charge in [-0.05, 0) is 20.3 Å². The molecule has 0 aromatic rings. The van der Waals surface area contributed by atoms with Crippen molar-refractivity contribution in [1.82, 2.24) is 10.6 Å². The monoisotopic (exact) mass is 304 g/mol. The fourth-order valence-electron chi connectivity index (χ4n) is 1.39. The fourth-order valence-corrected chi connectivity index (χ4v) is 1.39. The van der Waals surface area contributed by atoms with Gasteiger partial charge in [0.15, 0.2) is 0 Å². The minimum Gasteiger partial charge on any atom is -0.396 e. The van der Waals surface area contributed by atoms with Crippen LogP contribution in [0.4, 0.5) is 0 Å². The Kier molecular flexibility index (Phi) is 9.16. The first-order valence-electron chi connectivity index (χ1n) is 7.15. The molecule has 0 saturated heterocycles. The summed E-state index contributed by atoms with van der Waals surface area (Å²) in [5.74, 6) is -1.01. The molecule has 7 nitrogen and oxygen atoms in total. The van der Waals surface area contributed by atoms with Crippen LogP contribution in [0, 0.1) is 5.41 Å². The number of carbonyl (C=O) groups is 2. The number of nitrogens with one attached hydrogen (secondary N) is 2. The lowest BCUT2D eigenvalue weighted by molar-refractivity contribution is -0.138. The Morgan fingerprint density at radius 1 is 1.24 bits per heavy atom. The number of aliphatic hydroxyl groups excluding tert-OH is 2. The summed E-state index contributed by atoms with van der Waals surface area (Å²) in [6.07, 6.45) is -0.510. The van der Waals surface area contributed by atoms with Crippen LogP contribution in [0.15, 0.2) is 0 Å². The van der Waals surface area contributed by atoms with Crippen molar-refractivity contribution in [2.45, 2.75) is 46.3 Å². The van der Waals surface area contributed by atoms with Crippen molar-refractivity contribution in [2.75, 3.05) is 26.3 Å². The molecule has 4 N–H and O–H groups in total. The lowest BCUT2D eigenvalue weighted by atomic mass is 9.87. The maximum absolute atomic E-state index is 11.6. The van der Waals surface area contributed by atoms with Crippen LogP contribution in [0.3, 0.4) is 0 Å². The zero-order valence-electron chi connectivity index (χ0n) is 13.3. The van der Waals surface area contributed by atoms with Gasteiger partial charge in [-0.15, -0.1) is 0 Å². The van der Waals surface area contributed by atoms with E-state index >= 15 is 0 Å². The van der Waals surface area contributed by atoms with Gasteiger partial charge >= 0.3 is 0 Å². The van der Waals surface area contributed by atoms with Gasteiger partial charge in [0, 0.05) is 18.6 Å². The summed E-state index contributed by atoms with van der Waals surface area (Å²) in [6.45, 7) is 7.49. The van der Waals surface area contributed by atoms with Crippen LogP contribution in [0.5, 0.6) is 0 Å². The molecule has 0 bridgehead atoms. The Balaban J connectivity index is 3.85. The molecule has 0 aliphatic carbocycles. The van der Waals surface area contributed by atoms with Gasteiger partial charge < -0.3 is 25.6 Å². The second-order valence-corrected chi connectivity index (χ2v) is 5.89. The molecule has 7 heteroatoms. The number of ether oxygens (including phenoxy) is 1. The topological polar surface area (TPSA) is 108 Å². The first-order chi connectivity index (χ1) is 9.70. The Morgan fingerprint density at radius 3 is 2.38 bits per heavy atom. The van der Waals surface area contributed by atoms with Crippen molar-refractivity contribution in [3.05, 3.63) is 0 Å². The maximum Gasteiger partial charge on any atom is 0.249 e. The minimum atomic E-state index is -1.37. The molecule has 124 valence electrons. The molecule has 0 radical (unpaired) electrons. The molecule has 0 fully saturated rings. The Bertz CT molecular complexity index is 331. The average molecular weight is 304 g/mol. The van der Waals surface area contributed by atoms with Crippen LogP contribution in [-0.4, -0.2) is 60.5 Å². The van der Waals surface area contributed by atoms with Crippen LogP contribution >= 0.6 is 0 Å². The lowest BCUT2D eigenvalue weighted by Gasteiger charge is -2.26. The SMILES string of the molecule is CC(C)OCCCNC(=O)CNC(=O)[C@H](O)C(C)(C)CO. The van der Waals surface area contributed by atoms with E-state index in [1.54, 1.807) is 13.8 Å². The van der Waals surface area contributed by atoms with E-state index in [9.17, 15) is 14.7 Å². The molecule has 2 amide bonds. The van der Waals surface area contributed by atoms with Gasteiger partial charge in [-0.25, -0.2) is 0 Å². The zero-order chi connectivity index (χ0) is 16.5. The molecule has 21 heavy (non-hydrogen) atoms. The molecule has 0 spiro atoms. The van der Waals surface area contributed by atoms with Gasteiger partial charge in [0.2, 0.25) is 11.8 Å². The van der Waals surface area contributed by atoms with Crippen LogP contribution in [-0.2, 0) is 14.3 Å². The highest BCUT2D eigenvalue weighted by Gasteiger charge is 2.32. The van der Waals surface area contributed by atoms with E-state index in [1.165, 1.54) is 0 Å². The summed E-state index contributed by atoms with van der Waals surface area (Å²) in [5.41, 5.74) is -0.950. The molecular weight excluding hydrogens is 276 g/mol. The predicted molar refractivity (Wildman–Crippen MR) is 78.6 cm³/mol. The van der Waals surface area contributed by atoms with E-state index in [0.29, 0.717) is 19.6 Å². The smallest absolute Gasteiger partial charge is 0.249 e. The molecule has 0 rings (SSSR count). The number of hydrogen-bond acceptors (Lipinski definition) is 5. The number of aliphatic hydroxyl groups is 2. The van der Waals surface area contributed by atoms with Crippen molar-refractivity contribution < 1.29 is 24.5 Å². The number of hydrogen-bond donors (Lipinski definition) is 4. The molecule has 0 unspecified atom stereocenters. The summed E-state index contributed by atoms with van der Waals surface area (Å²) in [5, 5.41) is 23.8. The molecule has 0 heterocycles. The summed E-state index contributed by atoms with van der Waals surface area (Å²) in [7, 11) is 0. The Morgan fingerprint density at radius 2 is 1.86 bits per heavy atom. The quantitative estimate of drug-likeness (QED) is 0.404. The van der Waals surface area contributed by atoms with Gasteiger partial charge in [0.05, 0.1) is 19.3 Å². The molecule has 0 aromatic carbocycles. The van der Waals surface area contributed by atoms with Crippen molar-refractivity contribution in [3.8, 4) is 0 Å². The predicted octanol–water partition coefficient (Wildman–Crippen LogP) is -0.587.